The zero-order valence-electron chi connectivity index (χ0n) is 8.44. The molecule has 1 nitrogen and oxygen atoms in total. The number of hydrogen-bond donors (Lipinski definition) is 1. The van der Waals surface area contributed by atoms with Crippen LogP contribution in [0.4, 0.5) is 13.2 Å². The summed E-state index contributed by atoms with van der Waals surface area (Å²) in [5, 5.41) is 2.62. The summed E-state index contributed by atoms with van der Waals surface area (Å²) in [5.74, 6) is 0. The molecule has 0 heterocycles. The Morgan fingerprint density at radius 2 is 1.75 bits per heavy atom. The van der Waals surface area contributed by atoms with Crippen LogP contribution < -0.4 is 5.32 Å². The topological polar surface area (TPSA) is 12.0 Å². The first kappa shape index (κ1) is 12.2. The van der Waals surface area contributed by atoms with Crippen LogP contribution in [0.15, 0.2) is 24.3 Å². The lowest BCUT2D eigenvalue weighted by Gasteiger charge is -2.20. The molecule has 1 fully saturated rings. The normalized spacial score (nSPS) is 18.5. The molecule has 5 heteroatoms. The lowest BCUT2D eigenvalue weighted by atomic mass is 10.2. The molecule has 1 N–H and O–H groups in total. The Morgan fingerprint density at radius 1 is 1.19 bits per heavy atom. The molecule has 0 atom stereocenters. The first-order valence-electron chi connectivity index (χ1n) is 4.99. The van der Waals surface area contributed by atoms with Crippen LogP contribution in [0.25, 0.3) is 0 Å². The van der Waals surface area contributed by atoms with Crippen LogP contribution in [-0.2, 0) is 6.54 Å². The van der Waals surface area contributed by atoms with E-state index in [1.54, 1.807) is 0 Å². The molecule has 0 aromatic heterocycles. The van der Waals surface area contributed by atoms with Crippen molar-refractivity contribution >= 4 is 22.6 Å². The Balaban J connectivity index is 1.96. The molecular formula is C11H11F3IN. The lowest BCUT2D eigenvalue weighted by molar-refractivity contribution is -0.166. The standard InChI is InChI=1S/C11H11F3IN/c12-11(13,14)10(5-6-10)16-7-8-1-3-9(15)4-2-8/h1-4,16H,5-7H2. The zero-order chi connectivity index (χ0) is 11.8. The monoisotopic (exact) mass is 341 g/mol. The minimum atomic E-state index is -4.13. The lowest BCUT2D eigenvalue weighted by Crippen LogP contribution is -2.44. The van der Waals surface area contributed by atoms with E-state index in [1.165, 1.54) is 0 Å². The molecule has 0 spiro atoms. The van der Waals surface area contributed by atoms with E-state index in [0.29, 0.717) is 0 Å². The van der Waals surface area contributed by atoms with Gasteiger partial charge in [0.25, 0.3) is 0 Å². The fraction of sp³-hybridized carbons (Fsp3) is 0.455. The van der Waals surface area contributed by atoms with Crippen molar-refractivity contribution in [2.24, 2.45) is 0 Å². The summed E-state index contributed by atoms with van der Waals surface area (Å²) in [6.45, 7) is 0.274. The van der Waals surface area contributed by atoms with E-state index in [2.05, 4.69) is 27.9 Å². The summed E-state index contributed by atoms with van der Waals surface area (Å²) in [5.41, 5.74) is -0.730. The fourth-order valence-corrected chi connectivity index (χ4v) is 1.92. The molecular weight excluding hydrogens is 330 g/mol. The fourth-order valence-electron chi connectivity index (χ4n) is 1.56. The van der Waals surface area contributed by atoms with Gasteiger partial charge in [-0.15, -0.1) is 0 Å². The maximum Gasteiger partial charge on any atom is 0.406 e. The van der Waals surface area contributed by atoms with Gasteiger partial charge in [-0.05, 0) is 53.1 Å². The second-order valence-electron chi connectivity index (χ2n) is 4.06. The molecule has 1 aromatic carbocycles. The Bertz CT molecular complexity index is 368. The molecule has 0 bridgehead atoms. The smallest absolute Gasteiger partial charge is 0.299 e. The van der Waals surface area contributed by atoms with Gasteiger partial charge in [0.1, 0.15) is 5.54 Å². The molecule has 0 radical (unpaired) electrons. The van der Waals surface area contributed by atoms with Gasteiger partial charge in [0, 0.05) is 10.1 Å². The predicted molar refractivity (Wildman–Crippen MR) is 64.0 cm³/mol. The molecule has 0 saturated heterocycles. The van der Waals surface area contributed by atoms with Crippen LogP contribution in [0, 0.1) is 3.57 Å². The van der Waals surface area contributed by atoms with Gasteiger partial charge < -0.3 is 0 Å². The van der Waals surface area contributed by atoms with Gasteiger partial charge in [-0.25, -0.2) is 0 Å². The summed E-state index contributed by atoms with van der Waals surface area (Å²) in [6.07, 6.45) is -3.74. The summed E-state index contributed by atoms with van der Waals surface area (Å²) in [4.78, 5) is 0. The maximum absolute atomic E-state index is 12.6. The summed E-state index contributed by atoms with van der Waals surface area (Å²) in [7, 11) is 0. The molecule has 1 aromatic rings. The summed E-state index contributed by atoms with van der Waals surface area (Å²) < 4.78 is 38.9. The Kier molecular flexibility index (Phi) is 3.18. The van der Waals surface area contributed by atoms with Crippen LogP contribution in [0.2, 0.25) is 0 Å². The van der Waals surface area contributed by atoms with Gasteiger partial charge >= 0.3 is 6.18 Å². The van der Waals surface area contributed by atoms with Gasteiger partial charge in [-0.2, -0.15) is 13.2 Å². The van der Waals surface area contributed by atoms with Crippen molar-refractivity contribution in [1.82, 2.24) is 5.32 Å². The number of alkyl halides is 3. The number of nitrogens with one attached hydrogen (secondary N) is 1. The maximum atomic E-state index is 12.6. The van der Waals surface area contributed by atoms with E-state index < -0.39 is 11.7 Å². The van der Waals surface area contributed by atoms with Gasteiger partial charge in [0.2, 0.25) is 0 Å². The molecule has 2 rings (SSSR count). The van der Waals surface area contributed by atoms with Crippen molar-refractivity contribution < 1.29 is 13.2 Å². The van der Waals surface area contributed by atoms with Crippen LogP contribution in [0.1, 0.15) is 18.4 Å². The number of benzene rings is 1. The van der Waals surface area contributed by atoms with E-state index in [9.17, 15) is 13.2 Å². The molecule has 0 aliphatic heterocycles. The SMILES string of the molecule is FC(F)(F)C1(NCc2ccc(I)cc2)CC1. The Morgan fingerprint density at radius 3 is 2.19 bits per heavy atom. The molecule has 16 heavy (non-hydrogen) atoms. The Labute approximate surface area is 106 Å². The van der Waals surface area contributed by atoms with Crippen molar-refractivity contribution in [3.8, 4) is 0 Å². The molecule has 1 aliphatic carbocycles. The Hall–Kier alpha value is -0.300. The molecule has 0 unspecified atom stereocenters. The first-order chi connectivity index (χ1) is 7.43. The minimum absolute atomic E-state index is 0.195. The molecule has 1 aliphatic rings. The van der Waals surface area contributed by atoms with Gasteiger partial charge in [-0.3, -0.25) is 5.32 Å². The average Bonchev–Trinajstić information content (AvgIpc) is 2.97. The minimum Gasteiger partial charge on any atom is -0.299 e. The molecule has 0 amide bonds. The van der Waals surface area contributed by atoms with Crippen molar-refractivity contribution in [1.29, 1.82) is 0 Å². The third kappa shape index (κ3) is 2.51. The van der Waals surface area contributed by atoms with Crippen LogP contribution >= 0.6 is 22.6 Å². The second kappa shape index (κ2) is 4.18. The summed E-state index contributed by atoms with van der Waals surface area (Å²) >= 11 is 2.17. The average molecular weight is 341 g/mol. The first-order valence-corrected chi connectivity index (χ1v) is 6.07. The van der Waals surface area contributed by atoms with E-state index in [4.69, 9.17) is 0 Å². The zero-order valence-corrected chi connectivity index (χ0v) is 10.6. The van der Waals surface area contributed by atoms with Crippen LogP contribution in [-0.4, -0.2) is 11.7 Å². The van der Waals surface area contributed by atoms with Crippen molar-refractivity contribution in [3.63, 3.8) is 0 Å². The van der Waals surface area contributed by atoms with Gasteiger partial charge in [-0.1, -0.05) is 12.1 Å². The number of halogens is 4. The quantitative estimate of drug-likeness (QED) is 0.831. The number of rotatable bonds is 3. The van der Waals surface area contributed by atoms with Crippen molar-refractivity contribution in [2.45, 2.75) is 31.1 Å². The third-order valence-electron chi connectivity index (χ3n) is 2.84. The van der Waals surface area contributed by atoms with Crippen LogP contribution in [0.5, 0.6) is 0 Å². The highest BCUT2D eigenvalue weighted by Crippen LogP contribution is 2.49. The third-order valence-corrected chi connectivity index (χ3v) is 3.56. The van der Waals surface area contributed by atoms with Crippen molar-refractivity contribution in [3.05, 3.63) is 33.4 Å². The van der Waals surface area contributed by atoms with E-state index in [-0.39, 0.29) is 19.4 Å². The van der Waals surface area contributed by atoms with E-state index in [0.717, 1.165) is 9.13 Å². The molecule has 1 saturated carbocycles. The van der Waals surface area contributed by atoms with Crippen molar-refractivity contribution in [2.75, 3.05) is 0 Å². The highest BCUT2D eigenvalue weighted by molar-refractivity contribution is 14.1. The predicted octanol–water partition coefficient (Wildman–Crippen LogP) is 3.48. The van der Waals surface area contributed by atoms with Gasteiger partial charge in [0.15, 0.2) is 0 Å². The van der Waals surface area contributed by atoms with E-state index >= 15 is 0 Å². The highest BCUT2D eigenvalue weighted by atomic mass is 127. The largest absolute Gasteiger partial charge is 0.406 e. The second-order valence-corrected chi connectivity index (χ2v) is 5.31. The summed E-state index contributed by atoms with van der Waals surface area (Å²) in [6, 6.07) is 7.48. The molecule has 88 valence electrons. The number of hydrogen-bond acceptors (Lipinski definition) is 1. The highest BCUT2D eigenvalue weighted by Gasteiger charge is 2.62. The van der Waals surface area contributed by atoms with E-state index in [1.807, 2.05) is 24.3 Å². The van der Waals surface area contributed by atoms with Crippen LogP contribution in [0.3, 0.4) is 0 Å². The van der Waals surface area contributed by atoms with Gasteiger partial charge in [0.05, 0.1) is 0 Å².